The second-order valence-corrected chi connectivity index (χ2v) is 4.53. The Labute approximate surface area is 94.2 Å². The Balaban J connectivity index is 2.20. The van der Waals surface area contributed by atoms with Gasteiger partial charge in [0.1, 0.15) is 0 Å². The van der Waals surface area contributed by atoms with Crippen LogP contribution in [0.5, 0.6) is 0 Å². The highest BCUT2D eigenvalue weighted by Gasteiger charge is 2.36. The van der Waals surface area contributed by atoms with Gasteiger partial charge in [-0.1, -0.05) is 17.7 Å². The number of aliphatic hydroxyl groups is 1. The van der Waals surface area contributed by atoms with Crippen molar-refractivity contribution in [2.45, 2.75) is 24.8 Å². The first kappa shape index (κ1) is 10.6. The third kappa shape index (κ3) is 1.90. The molecule has 0 bridgehead atoms. The van der Waals surface area contributed by atoms with Crippen LogP contribution in [0.3, 0.4) is 0 Å². The number of benzene rings is 1. The van der Waals surface area contributed by atoms with Gasteiger partial charge in [-0.3, -0.25) is 0 Å². The molecule has 1 fully saturated rings. The highest BCUT2D eigenvalue weighted by molar-refractivity contribution is 6.33. The normalized spacial score (nSPS) is 18.3. The van der Waals surface area contributed by atoms with Gasteiger partial charge in [0.25, 0.3) is 0 Å². The second-order valence-electron chi connectivity index (χ2n) is 4.12. The lowest BCUT2D eigenvalue weighted by molar-refractivity contribution is 0.144. The fourth-order valence-electron chi connectivity index (χ4n) is 1.86. The molecule has 1 saturated carbocycles. The minimum absolute atomic E-state index is 0.138. The Morgan fingerprint density at radius 3 is 2.73 bits per heavy atom. The maximum Gasteiger partial charge on any atom is 0.0739 e. The molecule has 0 atom stereocenters. The van der Waals surface area contributed by atoms with Crippen LogP contribution in [0.25, 0.3) is 0 Å². The van der Waals surface area contributed by atoms with Gasteiger partial charge in [-0.2, -0.15) is 0 Å². The fourth-order valence-corrected chi connectivity index (χ4v) is 2.03. The maximum atomic E-state index is 9.32. The summed E-state index contributed by atoms with van der Waals surface area (Å²) in [7, 11) is 0. The highest BCUT2D eigenvalue weighted by Crippen LogP contribution is 2.37. The largest absolute Gasteiger partial charge is 0.396 e. The van der Waals surface area contributed by atoms with Crippen molar-refractivity contribution >= 4 is 23.0 Å². The van der Waals surface area contributed by atoms with Crippen molar-refractivity contribution in [1.29, 1.82) is 0 Å². The molecule has 1 aromatic carbocycles. The molecular weight excluding hydrogens is 212 g/mol. The molecule has 0 heterocycles. The molecule has 15 heavy (non-hydrogen) atoms. The van der Waals surface area contributed by atoms with Gasteiger partial charge < -0.3 is 16.2 Å². The van der Waals surface area contributed by atoms with E-state index in [1.165, 1.54) is 0 Å². The van der Waals surface area contributed by atoms with Crippen LogP contribution < -0.4 is 11.1 Å². The predicted octanol–water partition coefficient (Wildman–Crippen LogP) is 2.25. The molecule has 3 nitrogen and oxygen atoms in total. The van der Waals surface area contributed by atoms with Crippen LogP contribution in [0.15, 0.2) is 18.2 Å². The zero-order valence-corrected chi connectivity index (χ0v) is 9.22. The summed E-state index contributed by atoms with van der Waals surface area (Å²) in [6.45, 7) is 0.138. The molecule has 4 N–H and O–H groups in total. The molecule has 1 aliphatic carbocycles. The molecular formula is C11H15ClN2O. The van der Waals surface area contributed by atoms with Crippen molar-refractivity contribution in [2.75, 3.05) is 17.7 Å². The van der Waals surface area contributed by atoms with Crippen LogP contribution in [0.1, 0.15) is 19.3 Å². The van der Waals surface area contributed by atoms with Crippen molar-refractivity contribution < 1.29 is 5.11 Å². The quantitative estimate of drug-likeness (QED) is 0.693. The van der Waals surface area contributed by atoms with E-state index in [1.807, 2.05) is 12.1 Å². The summed E-state index contributed by atoms with van der Waals surface area (Å²) in [6, 6.07) is 5.50. The number of rotatable bonds is 3. The molecule has 0 radical (unpaired) electrons. The van der Waals surface area contributed by atoms with Crippen molar-refractivity contribution in [1.82, 2.24) is 0 Å². The van der Waals surface area contributed by atoms with Gasteiger partial charge in [0.2, 0.25) is 0 Å². The van der Waals surface area contributed by atoms with Gasteiger partial charge in [0.05, 0.1) is 28.5 Å². The van der Waals surface area contributed by atoms with Crippen molar-refractivity contribution in [3.8, 4) is 0 Å². The third-order valence-corrected chi connectivity index (χ3v) is 3.40. The number of hydrogen-bond donors (Lipinski definition) is 3. The number of hydrogen-bond acceptors (Lipinski definition) is 3. The number of anilines is 2. The van der Waals surface area contributed by atoms with Gasteiger partial charge >= 0.3 is 0 Å². The van der Waals surface area contributed by atoms with Gasteiger partial charge in [-0.25, -0.2) is 0 Å². The Kier molecular flexibility index (Phi) is 2.76. The zero-order chi connectivity index (χ0) is 10.9. The van der Waals surface area contributed by atoms with Gasteiger partial charge in [-0.05, 0) is 31.4 Å². The molecule has 1 aromatic rings. The molecule has 1 aliphatic rings. The monoisotopic (exact) mass is 226 g/mol. The zero-order valence-electron chi connectivity index (χ0n) is 8.46. The first-order valence-corrected chi connectivity index (χ1v) is 5.48. The Morgan fingerprint density at radius 1 is 1.47 bits per heavy atom. The lowest BCUT2D eigenvalue weighted by atomic mass is 9.77. The molecule has 82 valence electrons. The second kappa shape index (κ2) is 3.91. The average Bonchev–Trinajstić information content (AvgIpc) is 2.18. The minimum atomic E-state index is -0.182. The summed E-state index contributed by atoms with van der Waals surface area (Å²) in [4.78, 5) is 0. The third-order valence-electron chi connectivity index (χ3n) is 3.07. The first-order valence-electron chi connectivity index (χ1n) is 5.10. The van der Waals surface area contributed by atoms with E-state index in [4.69, 9.17) is 17.3 Å². The molecule has 0 spiro atoms. The number of para-hydroxylation sites is 1. The lowest BCUT2D eigenvalue weighted by Crippen LogP contribution is -2.48. The molecule has 0 unspecified atom stereocenters. The van der Waals surface area contributed by atoms with Crippen LogP contribution >= 0.6 is 11.6 Å². The molecule has 0 aromatic heterocycles. The number of nitrogens with one attached hydrogen (secondary N) is 1. The van der Waals surface area contributed by atoms with Gasteiger partial charge in [0, 0.05) is 0 Å². The Morgan fingerprint density at radius 2 is 2.20 bits per heavy atom. The van der Waals surface area contributed by atoms with Crippen LogP contribution in [0.2, 0.25) is 5.02 Å². The minimum Gasteiger partial charge on any atom is -0.396 e. The van der Waals surface area contributed by atoms with E-state index in [9.17, 15) is 5.11 Å². The molecule has 2 rings (SSSR count). The Hall–Kier alpha value is -0.930. The summed E-state index contributed by atoms with van der Waals surface area (Å²) in [6.07, 6.45) is 3.11. The first-order chi connectivity index (χ1) is 7.17. The lowest BCUT2D eigenvalue weighted by Gasteiger charge is -2.42. The molecule has 0 amide bonds. The van der Waals surface area contributed by atoms with E-state index in [0.29, 0.717) is 10.7 Å². The van der Waals surface area contributed by atoms with Gasteiger partial charge in [0.15, 0.2) is 0 Å². The van der Waals surface area contributed by atoms with E-state index >= 15 is 0 Å². The fraction of sp³-hybridized carbons (Fsp3) is 0.455. The van der Waals surface area contributed by atoms with E-state index in [2.05, 4.69) is 5.32 Å². The SMILES string of the molecule is Nc1c(Cl)cccc1NC1(CO)CCC1. The smallest absolute Gasteiger partial charge is 0.0739 e. The Bertz CT molecular complexity index is 358. The van der Waals surface area contributed by atoms with E-state index < -0.39 is 0 Å². The molecule has 0 saturated heterocycles. The topological polar surface area (TPSA) is 58.3 Å². The van der Waals surface area contributed by atoms with Crippen LogP contribution in [0.4, 0.5) is 11.4 Å². The van der Waals surface area contributed by atoms with Crippen molar-refractivity contribution in [3.05, 3.63) is 23.2 Å². The summed E-state index contributed by atoms with van der Waals surface area (Å²) < 4.78 is 0. The number of nitrogen functional groups attached to an aromatic ring is 1. The van der Waals surface area contributed by atoms with E-state index in [-0.39, 0.29) is 12.1 Å². The summed E-state index contributed by atoms with van der Waals surface area (Å²) >= 11 is 5.92. The van der Waals surface area contributed by atoms with Crippen molar-refractivity contribution in [2.24, 2.45) is 0 Å². The van der Waals surface area contributed by atoms with Crippen LogP contribution in [-0.4, -0.2) is 17.3 Å². The number of nitrogens with two attached hydrogens (primary N) is 1. The molecule has 4 heteroatoms. The highest BCUT2D eigenvalue weighted by atomic mass is 35.5. The van der Waals surface area contributed by atoms with Crippen molar-refractivity contribution in [3.63, 3.8) is 0 Å². The van der Waals surface area contributed by atoms with E-state index in [1.54, 1.807) is 6.07 Å². The number of aliphatic hydroxyl groups excluding tert-OH is 1. The van der Waals surface area contributed by atoms with E-state index in [0.717, 1.165) is 24.9 Å². The number of halogens is 1. The van der Waals surface area contributed by atoms with Crippen LogP contribution in [0, 0.1) is 0 Å². The summed E-state index contributed by atoms with van der Waals surface area (Å²) in [5.41, 5.74) is 7.04. The molecule has 0 aliphatic heterocycles. The van der Waals surface area contributed by atoms with Gasteiger partial charge in [-0.15, -0.1) is 0 Å². The maximum absolute atomic E-state index is 9.32. The predicted molar refractivity (Wildman–Crippen MR) is 63.2 cm³/mol. The standard InChI is InChI=1S/C11H15ClN2O/c12-8-3-1-4-9(10(8)13)14-11(7-15)5-2-6-11/h1,3-4,14-15H,2,5-7,13H2. The summed E-state index contributed by atoms with van der Waals surface area (Å²) in [5, 5.41) is 13.2. The van der Waals surface area contributed by atoms with Crippen LogP contribution in [-0.2, 0) is 0 Å². The average molecular weight is 227 g/mol. The summed E-state index contributed by atoms with van der Waals surface area (Å²) in [5.74, 6) is 0.